The number of hydrogen-bond acceptors (Lipinski definition) is 5. The number of fused-ring (bicyclic) bond motifs is 1. The number of carboxylic acids is 1. The highest BCUT2D eigenvalue weighted by Gasteiger charge is 2.24. The van der Waals surface area contributed by atoms with E-state index in [0.29, 0.717) is 24.5 Å². The zero-order valence-electron chi connectivity index (χ0n) is 11.0. The molecule has 0 spiro atoms. The topological polar surface area (TPSA) is 101 Å². The lowest BCUT2D eigenvalue weighted by atomic mass is 10.1. The van der Waals surface area contributed by atoms with Gasteiger partial charge in [0.2, 0.25) is 0 Å². The molecule has 8 heteroatoms. The molecule has 108 valence electrons. The predicted molar refractivity (Wildman–Crippen MR) is 73.0 cm³/mol. The van der Waals surface area contributed by atoms with E-state index in [1.54, 1.807) is 0 Å². The fraction of sp³-hybridized carbons (Fsp3) is 0.500. The van der Waals surface area contributed by atoms with Crippen molar-refractivity contribution in [2.75, 3.05) is 5.75 Å². The summed E-state index contributed by atoms with van der Waals surface area (Å²) >= 11 is 1.46. The average Bonchev–Trinajstić information content (AvgIpc) is 2.87. The maximum Gasteiger partial charge on any atom is 0.326 e. The number of thioether (sulfide) groups is 1. The van der Waals surface area contributed by atoms with Crippen LogP contribution < -0.4 is 10.9 Å². The Morgan fingerprint density at radius 3 is 3.00 bits per heavy atom. The summed E-state index contributed by atoms with van der Waals surface area (Å²) in [4.78, 5) is 39.2. The van der Waals surface area contributed by atoms with Crippen LogP contribution in [0.1, 0.15) is 30.1 Å². The molecule has 0 fully saturated rings. The maximum absolute atomic E-state index is 12.1. The molecule has 20 heavy (non-hydrogen) atoms. The van der Waals surface area contributed by atoms with Gasteiger partial charge in [-0.15, -0.1) is 0 Å². The van der Waals surface area contributed by atoms with E-state index in [1.165, 1.54) is 22.5 Å². The molecule has 0 aromatic carbocycles. The fourth-order valence-electron chi connectivity index (χ4n) is 1.96. The van der Waals surface area contributed by atoms with Crippen LogP contribution in [0.5, 0.6) is 0 Å². The molecule has 0 unspecified atom stereocenters. The number of aliphatic carboxylic acids is 1. The summed E-state index contributed by atoms with van der Waals surface area (Å²) in [7, 11) is 0. The first-order chi connectivity index (χ1) is 9.54. The van der Waals surface area contributed by atoms with Crippen molar-refractivity contribution in [2.24, 2.45) is 0 Å². The highest BCUT2D eigenvalue weighted by Crippen LogP contribution is 2.20. The molecule has 0 aliphatic carbocycles. The Balaban J connectivity index is 2.22. The molecule has 1 aliphatic rings. The average molecular weight is 297 g/mol. The van der Waals surface area contributed by atoms with Gasteiger partial charge in [-0.1, -0.05) is 25.1 Å². The molecule has 0 radical (unpaired) electrons. The largest absolute Gasteiger partial charge is 0.480 e. The van der Waals surface area contributed by atoms with Crippen molar-refractivity contribution in [3.05, 3.63) is 22.1 Å². The molecule has 7 nitrogen and oxygen atoms in total. The van der Waals surface area contributed by atoms with E-state index in [4.69, 9.17) is 5.11 Å². The van der Waals surface area contributed by atoms with Crippen LogP contribution in [0.4, 0.5) is 0 Å². The second-order valence-corrected chi connectivity index (χ2v) is 5.47. The summed E-state index contributed by atoms with van der Waals surface area (Å²) in [6, 6.07) is -0.987. The molecular weight excluding hydrogens is 282 g/mol. The van der Waals surface area contributed by atoms with Crippen molar-refractivity contribution in [2.45, 2.75) is 37.5 Å². The highest BCUT2D eigenvalue weighted by molar-refractivity contribution is 7.99. The van der Waals surface area contributed by atoms with Crippen molar-refractivity contribution in [3.8, 4) is 0 Å². The number of amides is 1. The Bertz CT molecular complexity index is 599. The molecule has 2 heterocycles. The van der Waals surface area contributed by atoms with E-state index in [-0.39, 0.29) is 5.56 Å². The van der Waals surface area contributed by atoms with Gasteiger partial charge in [0, 0.05) is 18.5 Å². The maximum atomic E-state index is 12.1. The number of rotatable bonds is 5. The van der Waals surface area contributed by atoms with E-state index in [1.807, 2.05) is 6.92 Å². The first-order valence-corrected chi connectivity index (χ1v) is 7.29. The molecule has 1 aromatic rings. The van der Waals surface area contributed by atoms with Crippen molar-refractivity contribution < 1.29 is 14.7 Å². The van der Waals surface area contributed by atoms with Crippen molar-refractivity contribution >= 4 is 23.6 Å². The zero-order valence-corrected chi connectivity index (χ0v) is 11.8. The Labute approximate surface area is 119 Å². The van der Waals surface area contributed by atoms with Crippen molar-refractivity contribution in [1.82, 2.24) is 14.9 Å². The van der Waals surface area contributed by atoms with Crippen LogP contribution in [0.25, 0.3) is 0 Å². The number of nitrogens with zero attached hydrogens (tertiary/aromatic N) is 2. The minimum Gasteiger partial charge on any atom is -0.480 e. The SMILES string of the molecule is CCC[C@H](NC(=O)c1cnc2n(c1=O)CCS2)C(=O)O. The first kappa shape index (κ1) is 14.6. The Morgan fingerprint density at radius 1 is 1.60 bits per heavy atom. The molecule has 1 atom stereocenters. The predicted octanol–water partition coefficient (Wildman–Crippen LogP) is 0.332. The third-order valence-electron chi connectivity index (χ3n) is 2.98. The summed E-state index contributed by atoms with van der Waals surface area (Å²) in [5, 5.41) is 12.0. The quantitative estimate of drug-likeness (QED) is 0.760. The van der Waals surface area contributed by atoms with E-state index in [9.17, 15) is 14.4 Å². The van der Waals surface area contributed by atoms with Gasteiger partial charge >= 0.3 is 5.97 Å². The summed E-state index contributed by atoms with van der Waals surface area (Å²) in [5.74, 6) is -1.04. The number of carboxylic acid groups (broad SMARTS) is 1. The third kappa shape index (κ3) is 2.84. The second-order valence-electron chi connectivity index (χ2n) is 4.41. The van der Waals surface area contributed by atoms with E-state index in [0.717, 1.165) is 5.75 Å². The van der Waals surface area contributed by atoms with Crippen molar-refractivity contribution in [1.29, 1.82) is 0 Å². The second kappa shape index (κ2) is 6.08. The standard InChI is InChI=1S/C12H15N3O4S/c1-2-3-8(11(18)19)14-9(16)7-6-13-12-15(10(7)17)4-5-20-12/h6,8H,2-5H2,1H3,(H,14,16)(H,18,19)/t8-/m0/s1. The third-order valence-corrected chi connectivity index (χ3v) is 3.95. The van der Waals surface area contributed by atoms with E-state index >= 15 is 0 Å². The number of nitrogens with one attached hydrogen (secondary N) is 1. The molecule has 0 bridgehead atoms. The monoisotopic (exact) mass is 297 g/mol. The molecule has 1 aromatic heterocycles. The number of aromatic nitrogens is 2. The Morgan fingerprint density at radius 2 is 2.35 bits per heavy atom. The van der Waals surface area contributed by atoms with Gasteiger partial charge in [0.25, 0.3) is 11.5 Å². The van der Waals surface area contributed by atoms with E-state index in [2.05, 4.69) is 10.3 Å². The first-order valence-electron chi connectivity index (χ1n) is 6.31. The van der Waals surface area contributed by atoms with Gasteiger partial charge in [0.1, 0.15) is 11.6 Å². The van der Waals surface area contributed by atoms with Crippen LogP contribution in [0, 0.1) is 0 Å². The van der Waals surface area contributed by atoms with Gasteiger partial charge in [-0.25, -0.2) is 9.78 Å². The van der Waals surface area contributed by atoms with Crippen LogP contribution in [0.3, 0.4) is 0 Å². The van der Waals surface area contributed by atoms with Crippen molar-refractivity contribution in [3.63, 3.8) is 0 Å². The normalized spacial score (nSPS) is 14.7. The van der Waals surface area contributed by atoms with Crippen LogP contribution in [0.15, 0.2) is 16.1 Å². The fourth-order valence-corrected chi connectivity index (χ4v) is 2.87. The number of hydrogen-bond donors (Lipinski definition) is 2. The van der Waals surface area contributed by atoms with Crippen LogP contribution in [0.2, 0.25) is 0 Å². The van der Waals surface area contributed by atoms with Gasteiger partial charge < -0.3 is 10.4 Å². The van der Waals surface area contributed by atoms with Gasteiger partial charge in [-0.3, -0.25) is 14.2 Å². The molecular formula is C12H15N3O4S. The van der Waals surface area contributed by atoms with E-state index < -0.39 is 23.5 Å². The Hall–Kier alpha value is -1.83. The molecule has 1 amide bonds. The summed E-state index contributed by atoms with van der Waals surface area (Å²) in [6.07, 6.45) is 2.15. The summed E-state index contributed by atoms with van der Waals surface area (Å²) in [6.45, 7) is 2.34. The molecule has 2 N–H and O–H groups in total. The zero-order chi connectivity index (χ0) is 14.7. The van der Waals surface area contributed by atoms with Crippen LogP contribution in [-0.4, -0.2) is 38.3 Å². The molecule has 2 rings (SSSR count). The summed E-state index contributed by atoms with van der Waals surface area (Å²) < 4.78 is 1.44. The summed E-state index contributed by atoms with van der Waals surface area (Å²) in [5.41, 5.74) is -0.531. The molecule has 0 saturated heterocycles. The molecule has 0 saturated carbocycles. The minimum absolute atomic E-state index is 0.112. The minimum atomic E-state index is -1.11. The van der Waals surface area contributed by atoms with Crippen LogP contribution in [-0.2, 0) is 11.3 Å². The Kier molecular flexibility index (Phi) is 4.43. The number of carbonyl (C=O) groups excluding carboxylic acids is 1. The molecule has 1 aliphatic heterocycles. The lowest BCUT2D eigenvalue weighted by Crippen LogP contribution is -2.43. The van der Waals surface area contributed by atoms with Gasteiger partial charge in [0.05, 0.1) is 0 Å². The van der Waals surface area contributed by atoms with Gasteiger partial charge in [-0.2, -0.15) is 0 Å². The number of carbonyl (C=O) groups is 2. The lowest BCUT2D eigenvalue weighted by molar-refractivity contribution is -0.139. The van der Waals surface area contributed by atoms with Gasteiger partial charge in [-0.05, 0) is 6.42 Å². The van der Waals surface area contributed by atoms with Crippen LogP contribution >= 0.6 is 11.8 Å². The highest BCUT2D eigenvalue weighted by atomic mass is 32.2. The lowest BCUT2D eigenvalue weighted by Gasteiger charge is -2.13. The smallest absolute Gasteiger partial charge is 0.326 e. The van der Waals surface area contributed by atoms with Gasteiger partial charge in [0.15, 0.2) is 5.16 Å².